The van der Waals surface area contributed by atoms with Crippen LogP contribution in [0.5, 0.6) is 0 Å². The van der Waals surface area contributed by atoms with Crippen molar-refractivity contribution in [2.45, 2.75) is 32.6 Å². The van der Waals surface area contributed by atoms with E-state index >= 15 is 0 Å². The maximum Gasteiger partial charge on any atom is 0.247 e. The molecule has 0 atom stereocenters. The van der Waals surface area contributed by atoms with Crippen molar-refractivity contribution in [3.63, 3.8) is 0 Å². The molecule has 1 heterocycles. The lowest BCUT2D eigenvalue weighted by Crippen LogP contribution is -2.49. The minimum atomic E-state index is -0.790. The zero-order valence-electron chi connectivity index (χ0n) is 12.5. The first-order chi connectivity index (χ1) is 10.2. The van der Waals surface area contributed by atoms with E-state index in [1.54, 1.807) is 0 Å². The molecule has 0 bridgehead atoms. The van der Waals surface area contributed by atoms with Crippen LogP contribution in [0.25, 0.3) is 0 Å². The Bertz CT molecular complexity index is 584. The topological polar surface area (TPSA) is 47.3 Å². The molecule has 0 radical (unpaired) electrons. The molecule has 21 heavy (non-hydrogen) atoms. The number of rotatable bonds is 2. The third-order valence-corrected chi connectivity index (χ3v) is 4.81. The van der Waals surface area contributed by atoms with Crippen molar-refractivity contribution in [3.05, 3.63) is 24.3 Å². The highest BCUT2D eigenvalue weighted by atomic mass is 16.2. The molecule has 1 aromatic rings. The van der Waals surface area contributed by atoms with Crippen molar-refractivity contribution in [1.29, 1.82) is 5.26 Å². The number of fused-ring (bicyclic) bond motifs is 1. The molecule has 1 amide bonds. The lowest BCUT2D eigenvalue weighted by molar-refractivity contribution is -0.125. The van der Waals surface area contributed by atoms with Crippen LogP contribution in [0.3, 0.4) is 0 Å². The summed E-state index contributed by atoms with van der Waals surface area (Å²) >= 11 is 0. The van der Waals surface area contributed by atoms with Crippen LogP contribution < -0.4 is 9.80 Å². The molecule has 110 valence electrons. The van der Waals surface area contributed by atoms with Gasteiger partial charge in [0.05, 0.1) is 17.4 Å². The van der Waals surface area contributed by atoms with Crippen molar-refractivity contribution in [2.75, 3.05) is 29.4 Å². The Morgan fingerprint density at radius 3 is 2.52 bits per heavy atom. The predicted octanol–water partition coefficient (Wildman–Crippen LogP) is 2.94. The quantitative estimate of drug-likeness (QED) is 0.838. The van der Waals surface area contributed by atoms with E-state index in [0.717, 1.165) is 37.3 Å². The average Bonchev–Trinajstić information content (AvgIpc) is 3.03. The summed E-state index contributed by atoms with van der Waals surface area (Å²) in [6.45, 7) is 4.57. The molecular formula is C17H21N3O. The summed E-state index contributed by atoms with van der Waals surface area (Å²) in [5.74, 6) is 0.00528. The van der Waals surface area contributed by atoms with E-state index in [2.05, 4.69) is 24.0 Å². The number of hydrogen-bond acceptors (Lipinski definition) is 3. The second kappa shape index (κ2) is 5.40. The van der Waals surface area contributed by atoms with Gasteiger partial charge in [-0.15, -0.1) is 0 Å². The molecule has 2 aliphatic rings. The molecule has 0 aromatic heterocycles. The summed E-state index contributed by atoms with van der Waals surface area (Å²) in [5, 5.41) is 9.56. The molecule has 1 aliphatic carbocycles. The molecule has 1 saturated carbocycles. The minimum Gasteiger partial charge on any atom is -0.368 e. The fourth-order valence-electron chi connectivity index (χ4n) is 3.57. The standard InChI is InChI=1S/C17H21N3O/c1-2-19-11-12-20(15-8-4-3-7-14(15)19)16(21)17(13-18)9-5-6-10-17/h3-4,7-8H,2,5-6,9-12H2,1H3. The lowest BCUT2D eigenvalue weighted by atomic mass is 9.86. The average molecular weight is 283 g/mol. The van der Waals surface area contributed by atoms with Gasteiger partial charge in [0.25, 0.3) is 0 Å². The number of benzene rings is 1. The summed E-state index contributed by atoms with van der Waals surface area (Å²) < 4.78 is 0. The third-order valence-electron chi connectivity index (χ3n) is 4.81. The van der Waals surface area contributed by atoms with Gasteiger partial charge < -0.3 is 9.80 Å². The van der Waals surface area contributed by atoms with Gasteiger partial charge >= 0.3 is 0 Å². The number of carbonyl (C=O) groups excluding carboxylic acids is 1. The molecule has 1 aromatic carbocycles. The molecule has 1 aliphatic heterocycles. The fourth-order valence-corrected chi connectivity index (χ4v) is 3.57. The molecule has 0 saturated heterocycles. The Labute approximate surface area is 126 Å². The van der Waals surface area contributed by atoms with Crippen molar-refractivity contribution < 1.29 is 4.79 Å². The van der Waals surface area contributed by atoms with E-state index in [1.807, 2.05) is 23.1 Å². The van der Waals surface area contributed by atoms with Crippen molar-refractivity contribution >= 4 is 17.3 Å². The maximum absolute atomic E-state index is 13.0. The Balaban J connectivity index is 1.97. The van der Waals surface area contributed by atoms with E-state index in [4.69, 9.17) is 0 Å². The van der Waals surface area contributed by atoms with Crippen LogP contribution in [0.15, 0.2) is 24.3 Å². The molecular weight excluding hydrogens is 262 g/mol. The Hall–Kier alpha value is -2.02. The van der Waals surface area contributed by atoms with Crippen LogP contribution in [0.2, 0.25) is 0 Å². The van der Waals surface area contributed by atoms with E-state index in [0.29, 0.717) is 19.4 Å². The second-order valence-corrected chi connectivity index (χ2v) is 5.93. The summed E-state index contributed by atoms with van der Waals surface area (Å²) in [5.41, 5.74) is 1.27. The predicted molar refractivity (Wildman–Crippen MR) is 83.2 cm³/mol. The summed E-state index contributed by atoms with van der Waals surface area (Å²) in [4.78, 5) is 17.1. The largest absolute Gasteiger partial charge is 0.368 e. The number of carbonyl (C=O) groups is 1. The van der Waals surface area contributed by atoms with Crippen LogP contribution in [0, 0.1) is 16.7 Å². The highest BCUT2D eigenvalue weighted by Gasteiger charge is 2.45. The highest BCUT2D eigenvalue weighted by Crippen LogP contribution is 2.42. The molecule has 0 N–H and O–H groups in total. The van der Waals surface area contributed by atoms with Gasteiger partial charge in [-0.2, -0.15) is 5.26 Å². The van der Waals surface area contributed by atoms with Crippen molar-refractivity contribution in [2.24, 2.45) is 5.41 Å². The van der Waals surface area contributed by atoms with Crippen LogP contribution in [-0.2, 0) is 4.79 Å². The van der Waals surface area contributed by atoms with Crippen LogP contribution >= 0.6 is 0 Å². The Kier molecular flexibility index (Phi) is 3.59. The molecule has 4 nitrogen and oxygen atoms in total. The van der Waals surface area contributed by atoms with Gasteiger partial charge in [-0.05, 0) is 31.9 Å². The van der Waals surface area contributed by atoms with Gasteiger partial charge in [-0.25, -0.2) is 0 Å². The first-order valence-corrected chi connectivity index (χ1v) is 7.79. The number of anilines is 2. The minimum absolute atomic E-state index is 0.00528. The van der Waals surface area contributed by atoms with Crippen molar-refractivity contribution in [1.82, 2.24) is 0 Å². The van der Waals surface area contributed by atoms with Gasteiger partial charge in [-0.3, -0.25) is 4.79 Å². The molecule has 4 heteroatoms. The monoisotopic (exact) mass is 283 g/mol. The zero-order chi connectivity index (χ0) is 14.9. The lowest BCUT2D eigenvalue weighted by Gasteiger charge is -2.39. The van der Waals surface area contributed by atoms with Gasteiger partial charge in [0.15, 0.2) is 0 Å². The number of nitrogens with zero attached hydrogens (tertiary/aromatic N) is 3. The van der Waals surface area contributed by atoms with Crippen LogP contribution in [0.4, 0.5) is 11.4 Å². The Morgan fingerprint density at radius 2 is 1.90 bits per heavy atom. The third kappa shape index (κ3) is 2.17. The summed E-state index contributed by atoms with van der Waals surface area (Å²) in [7, 11) is 0. The van der Waals surface area contributed by atoms with E-state index in [-0.39, 0.29) is 5.91 Å². The van der Waals surface area contributed by atoms with Gasteiger partial charge in [-0.1, -0.05) is 25.0 Å². The number of hydrogen-bond donors (Lipinski definition) is 0. The number of likely N-dealkylation sites (N-methyl/N-ethyl adjacent to an activating group) is 1. The van der Waals surface area contributed by atoms with Crippen LogP contribution in [-0.4, -0.2) is 25.5 Å². The molecule has 0 spiro atoms. The van der Waals surface area contributed by atoms with E-state index < -0.39 is 5.41 Å². The first kappa shape index (κ1) is 13.9. The van der Waals surface area contributed by atoms with Crippen molar-refractivity contribution in [3.8, 4) is 6.07 Å². The van der Waals surface area contributed by atoms with Gasteiger partial charge in [0, 0.05) is 19.6 Å². The zero-order valence-corrected chi connectivity index (χ0v) is 12.5. The van der Waals surface area contributed by atoms with Gasteiger partial charge in [0.1, 0.15) is 5.41 Å². The first-order valence-electron chi connectivity index (χ1n) is 7.79. The summed E-state index contributed by atoms with van der Waals surface area (Å²) in [6.07, 6.45) is 3.38. The second-order valence-electron chi connectivity index (χ2n) is 5.93. The molecule has 1 fully saturated rings. The molecule has 0 unspecified atom stereocenters. The normalized spacial score (nSPS) is 20.0. The SMILES string of the molecule is CCN1CCN(C(=O)C2(C#N)CCCC2)c2ccccc21. The number of nitriles is 1. The Morgan fingerprint density at radius 1 is 1.24 bits per heavy atom. The smallest absolute Gasteiger partial charge is 0.247 e. The van der Waals surface area contributed by atoms with Gasteiger partial charge in [0.2, 0.25) is 5.91 Å². The summed E-state index contributed by atoms with van der Waals surface area (Å²) in [6, 6.07) is 10.4. The van der Waals surface area contributed by atoms with Crippen LogP contribution in [0.1, 0.15) is 32.6 Å². The fraction of sp³-hybridized carbons (Fsp3) is 0.529. The molecule has 3 rings (SSSR count). The highest BCUT2D eigenvalue weighted by molar-refractivity contribution is 6.02. The van der Waals surface area contributed by atoms with E-state index in [9.17, 15) is 10.1 Å². The number of para-hydroxylation sites is 2. The number of amides is 1. The maximum atomic E-state index is 13.0. The van der Waals surface area contributed by atoms with E-state index in [1.165, 1.54) is 0 Å².